The molecule has 3 aromatic rings. The zero-order valence-electron chi connectivity index (χ0n) is 19.8. The minimum atomic E-state index is -4.42. The zero-order chi connectivity index (χ0) is 24.9. The summed E-state index contributed by atoms with van der Waals surface area (Å²) in [5, 5.41) is 3.16. The van der Waals surface area contributed by atoms with Gasteiger partial charge in [-0.05, 0) is 61.3 Å². The number of nitrogens with one attached hydrogen (secondary N) is 1. The fraction of sp³-hybridized carbons (Fsp3) is 0.393. The minimum Gasteiger partial charge on any atom is -0.368 e. The Kier molecular flexibility index (Phi) is 5.50. The van der Waals surface area contributed by atoms with Crippen LogP contribution in [0.15, 0.2) is 60.8 Å². The number of nitrogens with zero attached hydrogens (tertiary/aromatic N) is 3. The number of aromatic nitrogens is 2. The highest BCUT2D eigenvalue weighted by molar-refractivity contribution is 5.99. The molecule has 1 N–H and O–H groups in total. The molecule has 1 spiro atoms. The quantitative estimate of drug-likeness (QED) is 0.449. The molecular weight excluding hydrogens is 465 g/mol. The number of benzene rings is 1. The molecule has 2 saturated carbocycles. The Morgan fingerprint density at radius 3 is 2.47 bits per heavy atom. The molecule has 3 fully saturated rings. The van der Waals surface area contributed by atoms with Gasteiger partial charge in [0.25, 0.3) is 5.91 Å². The van der Waals surface area contributed by atoms with E-state index in [1.54, 1.807) is 0 Å². The van der Waals surface area contributed by atoms with Crippen LogP contribution >= 0.6 is 0 Å². The number of rotatable bonds is 6. The molecule has 0 bridgehead atoms. The number of alkyl halides is 3. The molecule has 2 aromatic heterocycles. The summed E-state index contributed by atoms with van der Waals surface area (Å²) in [6.07, 6.45) is 1.67. The van der Waals surface area contributed by atoms with Crippen LogP contribution in [0.5, 0.6) is 0 Å². The maximum atomic E-state index is 14.0. The van der Waals surface area contributed by atoms with Crippen LogP contribution in [0.3, 0.4) is 0 Å². The molecule has 186 valence electrons. The third kappa shape index (κ3) is 4.56. The van der Waals surface area contributed by atoms with Crippen LogP contribution in [0.4, 0.5) is 19.0 Å². The summed E-state index contributed by atoms with van der Waals surface area (Å²) >= 11 is 0. The minimum absolute atomic E-state index is 0.0766. The van der Waals surface area contributed by atoms with Gasteiger partial charge < -0.3 is 10.2 Å². The predicted molar refractivity (Wildman–Crippen MR) is 130 cm³/mol. The normalized spacial score (nSPS) is 20.5. The Balaban J connectivity index is 1.26. The lowest BCUT2D eigenvalue weighted by molar-refractivity contribution is -0.137. The first-order chi connectivity index (χ1) is 17.3. The molecule has 36 heavy (non-hydrogen) atoms. The Morgan fingerprint density at radius 2 is 1.83 bits per heavy atom. The number of pyridine rings is 2. The fourth-order valence-electron chi connectivity index (χ4n) is 5.24. The van der Waals surface area contributed by atoms with Crippen molar-refractivity contribution in [1.29, 1.82) is 0 Å². The van der Waals surface area contributed by atoms with Crippen molar-refractivity contribution in [3.05, 3.63) is 77.7 Å². The molecule has 1 amide bonds. The Labute approximate surface area is 207 Å². The number of carbonyl (C=O) groups is 1. The van der Waals surface area contributed by atoms with E-state index < -0.39 is 11.7 Å². The van der Waals surface area contributed by atoms with Gasteiger partial charge in [-0.25, -0.2) is 9.97 Å². The molecule has 3 aliphatic rings. The molecule has 6 rings (SSSR count). The zero-order valence-corrected chi connectivity index (χ0v) is 19.8. The van der Waals surface area contributed by atoms with E-state index in [1.165, 1.54) is 6.07 Å². The van der Waals surface area contributed by atoms with Crippen molar-refractivity contribution in [3.8, 4) is 11.1 Å². The van der Waals surface area contributed by atoms with E-state index >= 15 is 0 Å². The number of hydrogen-bond donors (Lipinski definition) is 1. The SMILES string of the molecule is O=C(c1nc(C2CC2)ccc1-c1ccccc1)N1CC2(CC2)C[C@H]1CNc1ccc(C(F)(F)F)cn1. The molecular formula is C28H27F3N4O. The molecule has 1 aliphatic heterocycles. The van der Waals surface area contributed by atoms with Gasteiger partial charge in [0.15, 0.2) is 0 Å². The number of halogens is 3. The monoisotopic (exact) mass is 492 g/mol. The summed E-state index contributed by atoms with van der Waals surface area (Å²) in [5.41, 5.74) is 2.62. The van der Waals surface area contributed by atoms with Crippen molar-refractivity contribution < 1.29 is 18.0 Å². The van der Waals surface area contributed by atoms with Gasteiger partial charge in [0.05, 0.1) is 5.56 Å². The second kappa shape index (κ2) is 8.61. The summed E-state index contributed by atoms with van der Waals surface area (Å²) in [6, 6.07) is 16.2. The smallest absolute Gasteiger partial charge is 0.368 e. The van der Waals surface area contributed by atoms with Crippen LogP contribution in [0.25, 0.3) is 11.1 Å². The van der Waals surface area contributed by atoms with Crippen LogP contribution in [0.2, 0.25) is 0 Å². The maximum Gasteiger partial charge on any atom is 0.417 e. The van der Waals surface area contributed by atoms with Crippen molar-refractivity contribution in [2.24, 2.45) is 5.41 Å². The van der Waals surface area contributed by atoms with Crippen LogP contribution in [-0.4, -0.2) is 39.9 Å². The van der Waals surface area contributed by atoms with Gasteiger partial charge in [-0.1, -0.05) is 36.4 Å². The van der Waals surface area contributed by atoms with E-state index in [0.29, 0.717) is 30.5 Å². The first-order valence-corrected chi connectivity index (χ1v) is 12.5. The number of amides is 1. The van der Waals surface area contributed by atoms with E-state index in [2.05, 4.69) is 10.3 Å². The van der Waals surface area contributed by atoms with Crippen LogP contribution in [0, 0.1) is 5.41 Å². The van der Waals surface area contributed by atoms with Crippen LogP contribution < -0.4 is 5.32 Å². The van der Waals surface area contributed by atoms with Crippen LogP contribution in [-0.2, 0) is 6.18 Å². The van der Waals surface area contributed by atoms with Gasteiger partial charge >= 0.3 is 6.18 Å². The average Bonchev–Trinajstić information content (AvgIpc) is 3.81. The summed E-state index contributed by atoms with van der Waals surface area (Å²) in [4.78, 5) is 24.8. The van der Waals surface area contributed by atoms with Crippen molar-refractivity contribution in [3.63, 3.8) is 0 Å². The molecule has 1 aromatic carbocycles. The van der Waals surface area contributed by atoms with Gasteiger partial charge in [-0.2, -0.15) is 13.2 Å². The Hall–Kier alpha value is -3.42. The Morgan fingerprint density at radius 1 is 1.06 bits per heavy atom. The van der Waals surface area contributed by atoms with E-state index in [1.807, 2.05) is 47.4 Å². The standard InChI is InChI=1S/C28H27F3N4O/c29-28(30,31)20-8-11-24(32-15-20)33-16-21-14-27(12-13-27)17-35(21)26(36)25-22(18-4-2-1-3-5-18)9-10-23(34-25)19-6-7-19/h1-5,8-11,15,19,21H,6-7,12-14,16-17H2,(H,32,33)/t21-/m0/s1. The number of carbonyl (C=O) groups excluding carboxylic acids is 1. The van der Waals surface area contributed by atoms with Gasteiger partial charge in [-0.3, -0.25) is 4.79 Å². The largest absolute Gasteiger partial charge is 0.417 e. The predicted octanol–water partition coefficient (Wildman–Crippen LogP) is 6.15. The lowest BCUT2D eigenvalue weighted by atomic mass is 10.0. The number of anilines is 1. The van der Waals surface area contributed by atoms with Crippen molar-refractivity contribution in [2.45, 2.75) is 50.2 Å². The first kappa shape index (κ1) is 23.0. The molecule has 1 saturated heterocycles. The maximum absolute atomic E-state index is 14.0. The Bertz CT molecular complexity index is 1270. The number of hydrogen-bond acceptors (Lipinski definition) is 4. The highest BCUT2D eigenvalue weighted by Crippen LogP contribution is 2.55. The third-order valence-corrected chi connectivity index (χ3v) is 7.64. The van der Waals surface area contributed by atoms with Crippen LogP contribution in [0.1, 0.15) is 59.8 Å². The molecule has 1 atom stereocenters. The lowest BCUT2D eigenvalue weighted by Crippen LogP contribution is -2.40. The highest BCUT2D eigenvalue weighted by Gasteiger charge is 2.53. The molecule has 3 heterocycles. The van der Waals surface area contributed by atoms with Crippen molar-refractivity contribution >= 4 is 11.7 Å². The second-order valence-electron chi connectivity index (χ2n) is 10.4. The molecule has 2 aliphatic carbocycles. The van der Waals surface area contributed by atoms with Gasteiger partial charge in [0.2, 0.25) is 0 Å². The molecule has 0 unspecified atom stereocenters. The van der Waals surface area contributed by atoms with E-state index in [9.17, 15) is 18.0 Å². The molecule has 5 nitrogen and oxygen atoms in total. The van der Waals surface area contributed by atoms with Crippen molar-refractivity contribution in [2.75, 3.05) is 18.4 Å². The van der Waals surface area contributed by atoms with Crippen molar-refractivity contribution in [1.82, 2.24) is 14.9 Å². The van der Waals surface area contributed by atoms with Gasteiger partial charge in [0.1, 0.15) is 11.5 Å². The van der Waals surface area contributed by atoms with E-state index in [-0.39, 0.29) is 17.4 Å². The summed E-state index contributed by atoms with van der Waals surface area (Å²) in [5.74, 6) is 0.719. The summed E-state index contributed by atoms with van der Waals surface area (Å²) in [7, 11) is 0. The second-order valence-corrected chi connectivity index (χ2v) is 10.4. The summed E-state index contributed by atoms with van der Waals surface area (Å²) < 4.78 is 38.6. The lowest BCUT2D eigenvalue weighted by Gasteiger charge is -2.26. The van der Waals surface area contributed by atoms with E-state index in [4.69, 9.17) is 4.98 Å². The number of likely N-dealkylation sites (tertiary alicyclic amines) is 1. The summed E-state index contributed by atoms with van der Waals surface area (Å²) in [6.45, 7) is 1.11. The fourth-order valence-corrected chi connectivity index (χ4v) is 5.24. The van der Waals surface area contributed by atoms with Gasteiger partial charge in [0, 0.05) is 42.5 Å². The first-order valence-electron chi connectivity index (χ1n) is 12.5. The average molecular weight is 493 g/mol. The third-order valence-electron chi connectivity index (χ3n) is 7.64. The topological polar surface area (TPSA) is 58.1 Å². The molecule has 8 heteroatoms. The molecule has 0 radical (unpaired) electrons. The van der Waals surface area contributed by atoms with E-state index in [0.717, 1.165) is 61.2 Å². The highest BCUT2D eigenvalue weighted by atomic mass is 19.4. The van der Waals surface area contributed by atoms with Gasteiger partial charge in [-0.15, -0.1) is 0 Å².